The number of ether oxygens (including phenoxy) is 2. The molecule has 0 bridgehead atoms. The van der Waals surface area contributed by atoms with Gasteiger partial charge in [0, 0.05) is 12.6 Å². The van der Waals surface area contributed by atoms with Gasteiger partial charge in [-0.3, -0.25) is 9.03 Å². The predicted octanol–water partition coefficient (Wildman–Crippen LogP) is 2.35. The van der Waals surface area contributed by atoms with E-state index in [1.54, 1.807) is 25.1 Å². The van der Waals surface area contributed by atoms with Crippen molar-refractivity contribution in [3.63, 3.8) is 0 Å². The van der Waals surface area contributed by atoms with Crippen LogP contribution in [0.15, 0.2) is 41.3 Å². The minimum Gasteiger partial charge on any atom is -0.493 e. The normalized spacial score (nSPS) is 16.0. The largest absolute Gasteiger partial charge is 0.493 e. The zero-order valence-electron chi connectivity index (χ0n) is 15.8. The first-order valence-corrected chi connectivity index (χ1v) is 11.6. The van der Waals surface area contributed by atoms with E-state index in [-0.39, 0.29) is 10.6 Å². The average molecular weight is 427 g/mol. The molecular formula is C18H22N2O6S2. The number of anilines is 2. The molecule has 1 heterocycles. The van der Waals surface area contributed by atoms with Crippen molar-refractivity contribution < 1.29 is 26.3 Å². The maximum atomic E-state index is 12.8. The summed E-state index contributed by atoms with van der Waals surface area (Å²) in [5, 5.41) is 0. The van der Waals surface area contributed by atoms with Gasteiger partial charge in [0.25, 0.3) is 10.0 Å². The Morgan fingerprint density at radius 2 is 1.75 bits per heavy atom. The molecule has 0 aromatic heterocycles. The van der Waals surface area contributed by atoms with Crippen molar-refractivity contribution in [3.05, 3.63) is 42.0 Å². The molecule has 1 aliphatic heterocycles. The summed E-state index contributed by atoms with van der Waals surface area (Å²) in [7, 11) is -4.26. The van der Waals surface area contributed by atoms with Crippen molar-refractivity contribution in [3.8, 4) is 11.5 Å². The van der Waals surface area contributed by atoms with Crippen LogP contribution in [0.5, 0.6) is 11.5 Å². The summed E-state index contributed by atoms with van der Waals surface area (Å²) in [6, 6.07) is 9.14. The van der Waals surface area contributed by atoms with Gasteiger partial charge in [0.2, 0.25) is 10.0 Å². The highest BCUT2D eigenvalue weighted by molar-refractivity contribution is 7.93. The van der Waals surface area contributed by atoms with Gasteiger partial charge in [-0.1, -0.05) is 0 Å². The Morgan fingerprint density at radius 1 is 1.04 bits per heavy atom. The number of hydrogen-bond acceptors (Lipinski definition) is 6. The van der Waals surface area contributed by atoms with Crippen LogP contribution in [0.4, 0.5) is 11.4 Å². The first-order valence-electron chi connectivity index (χ1n) is 8.54. The molecule has 0 radical (unpaired) electrons. The number of benzene rings is 2. The zero-order chi connectivity index (χ0) is 20.5. The van der Waals surface area contributed by atoms with Gasteiger partial charge in [-0.25, -0.2) is 16.8 Å². The lowest BCUT2D eigenvalue weighted by atomic mass is 10.2. The van der Waals surface area contributed by atoms with Gasteiger partial charge in [0.05, 0.1) is 36.2 Å². The van der Waals surface area contributed by atoms with Gasteiger partial charge in [-0.05, 0) is 49.2 Å². The Labute approximate surface area is 165 Å². The van der Waals surface area contributed by atoms with Gasteiger partial charge in [-0.2, -0.15) is 0 Å². The number of aryl methyl sites for hydroxylation is 1. The summed E-state index contributed by atoms with van der Waals surface area (Å²) in [5.74, 6) is 0.852. The zero-order valence-corrected chi connectivity index (χ0v) is 17.4. The monoisotopic (exact) mass is 426 g/mol. The Morgan fingerprint density at radius 3 is 2.32 bits per heavy atom. The van der Waals surface area contributed by atoms with E-state index in [0.717, 1.165) is 0 Å². The Kier molecular flexibility index (Phi) is 5.44. The maximum absolute atomic E-state index is 12.8. The molecule has 2 aromatic rings. The summed E-state index contributed by atoms with van der Waals surface area (Å²) in [4.78, 5) is 0.0238. The van der Waals surface area contributed by atoms with Crippen LogP contribution in [0.1, 0.15) is 12.0 Å². The third-order valence-electron chi connectivity index (χ3n) is 4.51. The van der Waals surface area contributed by atoms with Crippen molar-refractivity contribution in [2.24, 2.45) is 0 Å². The van der Waals surface area contributed by atoms with Crippen molar-refractivity contribution >= 4 is 31.4 Å². The molecule has 1 fully saturated rings. The van der Waals surface area contributed by atoms with E-state index in [2.05, 4.69) is 4.72 Å². The van der Waals surface area contributed by atoms with Crippen molar-refractivity contribution in [1.29, 1.82) is 0 Å². The number of nitrogens with zero attached hydrogens (tertiary/aromatic N) is 1. The van der Waals surface area contributed by atoms with Crippen LogP contribution in [0.3, 0.4) is 0 Å². The molecule has 10 heteroatoms. The van der Waals surface area contributed by atoms with E-state index in [1.165, 1.54) is 36.7 Å². The van der Waals surface area contributed by atoms with Crippen LogP contribution < -0.4 is 18.5 Å². The fourth-order valence-electron chi connectivity index (χ4n) is 3.03. The van der Waals surface area contributed by atoms with Crippen LogP contribution >= 0.6 is 0 Å². The van der Waals surface area contributed by atoms with Crippen LogP contribution in [0, 0.1) is 6.92 Å². The van der Waals surface area contributed by atoms with Gasteiger partial charge in [-0.15, -0.1) is 0 Å². The number of methoxy groups -OCH3 is 2. The first-order chi connectivity index (χ1) is 13.2. The minimum absolute atomic E-state index is 0.0238. The highest BCUT2D eigenvalue weighted by atomic mass is 32.2. The second kappa shape index (κ2) is 7.51. The molecule has 0 spiro atoms. The van der Waals surface area contributed by atoms with Gasteiger partial charge >= 0.3 is 0 Å². The molecule has 0 amide bonds. The van der Waals surface area contributed by atoms with E-state index >= 15 is 0 Å². The smallest absolute Gasteiger partial charge is 0.262 e. The molecule has 8 nitrogen and oxygen atoms in total. The number of sulfonamides is 2. The third kappa shape index (κ3) is 3.88. The van der Waals surface area contributed by atoms with E-state index in [4.69, 9.17) is 9.47 Å². The maximum Gasteiger partial charge on any atom is 0.262 e. The number of nitrogens with one attached hydrogen (secondary N) is 1. The lowest BCUT2D eigenvalue weighted by Gasteiger charge is -2.19. The lowest BCUT2D eigenvalue weighted by Crippen LogP contribution is -2.25. The van der Waals surface area contributed by atoms with Crippen LogP contribution in [0.2, 0.25) is 0 Å². The molecule has 0 atom stereocenters. The molecule has 1 saturated heterocycles. The summed E-state index contributed by atoms with van der Waals surface area (Å²) in [6.07, 6.45) is 0.578. The highest BCUT2D eigenvalue weighted by Gasteiger charge is 2.28. The van der Waals surface area contributed by atoms with Crippen LogP contribution in [-0.2, 0) is 20.0 Å². The molecule has 152 valence electrons. The molecule has 3 rings (SSSR count). The molecule has 2 aromatic carbocycles. The van der Waals surface area contributed by atoms with Gasteiger partial charge < -0.3 is 9.47 Å². The molecule has 28 heavy (non-hydrogen) atoms. The van der Waals surface area contributed by atoms with E-state index in [9.17, 15) is 16.8 Å². The Bertz CT molecular complexity index is 1100. The summed E-state index contributed by atoms with van der Waals surface area (Å²) in [5.41, 5.74) is 1.52. The summed E-state index contributed by atoms with van der Waals surface area (Å²) < 4.78 is 63.8. The summed E-state index contributed by atoms with van der Waals surface area (Å²) >= 11 is 0. The van der Waals surface area contributed by atoms with Gasteiger partial charge in [0.1, 0.15) is 0 Å². The van der Waals surface area contributed by atoms with E-state index in [1.807, 2.05) is 0 Å². The Hall–Kier alpha value is -2.46. The second-order valence-corrected chi connectivity index (χ2v) is 10.1. The molecule has 0 aliphatic carbocycles. The minimum atomic E-state index is -3.87. The van der Waals surface area contributed by atoms with E-state index < -0.39 is 20.0 Å². The molecule has 0 saturated carbocycles. The van der Waals surface area contributed by atoms with Crippen molar-refractivity contribution in [2.75, 3.05) is 35.5 Å². The predicted molar refractivity (Wildman–Crippen MR) is 107 cm³/mol. The Balaban J connectivity index is 1.89. The first kappa shape index (κ1) is 20.3. The average Bonchev–Trinajstić information content (AvgIpc) is 3.01. The highest BCUT2D eigenvalue weighted by Crippen LogP contribution is 2.32. The second-order valence-electron chi connectivity index (χ2n) is 6.36. The third-order valence-corrected chi connectivity index (χ3v) is 7.74. The molecule has 0 unspecified atom stereocenters. The number of rotatable bonds is 6. The molecule has 1 aliphatic rings. The van der Waals surface area contributed by atoms with Crippen LogP contribution in [-0.4, -0.2) is 43.4 Å². The quantitative estimate of drug-likeness (QED) is 0.761. The topological polar surface area (TPSA) is 102 Å². The summed E-state index contributed by atoms with van der Waals surface area (Å²) in [6.45, 7) is 2.15. The standard InChI is InChI=1S/C18H22N2O6S2/c1-13-11-14(20-9-4-10-27(20,21)22)5-7-16(13)19-28(23,24)15-6-8-17(25-2)18(12-15)26-3/h5-8,11-12,19H,4,9-10H2,1-3H3. The van der Waals surface area contributed by atoms with Crippen molar-refractivity contribution in [2.45, 2.75) is 18.2 Å². The SMILES string of the molecule is COc1ccc(S(=O)(=O)Nc2ccc(N3CCCS3(=O)=O)cc2C)cc1OC. The van der Waals surface area contributed by atoms with E-state index in [0.29, 0.717) is 41.4 Å². The van der Waals surface area contributed by atoms with Crippen molar-refractivity contribution in [1.82, 2.24) is 0 Å². The lowest BCUT2D eigenvalue weighted by molar-refractivity contribution is 0.354. The molecular weight excluding hydrogens is 404 g/mol. The fourth-order valence-corrected chi connectivity index (χ4v) is 5.74. The fraction of sp³-hybridized carbons (Fsp3) is 0.333. The number of hydrogen-bond donors (Lipinski definition) is 1. The van der Waals surface area contributed by atoms with Crippen LogP contribution in [0.25, 0.3) is 0 Å². The van der Waals surface area contributed by atoms with Gasteiger partial charge in [0.15, 0.2) is 11.5 Å². The molecule has 1 N–H and O–H groups in total.